The van der Waals surface area contributed by atoms with Gasteiger partial charge in [-0.1, -0.05) is 12.1 Å². The molecule has 1 aromatic carbocycles. The lowest BCUT2D eigenvalue weighted by Gasteiger charge is -2.37. The van der Waals surface area contributed by atoms with E-state index >= 15 is 0 Å². The molecule has 10 nitrogen and oxygen atoms in total. The second-order valence-corrected chi connectivity index (χ2v) is 12.0. The number of hydrogen-bond acceptors (Lipinski definition) is 6. The summed E-state index contributed by atoms with van der Waals surface area (Å²) in [6.45, 7) is 6.83. The van der Waals surface area contributed by atoms with E-state index in [1.165, 1.54) is 10.7 Å². The molecule has 3 fully saturated rings. The van der Waals surface area contributed by atoms with Gasteiger partial charge in [-0.3, -0.25) is 9.48 Å². The number of fused-ring (bicyclic) bond motifs is 1. The molecule has 4 N–H and O–H groups in total. The third-order valence-corrected chi connectivity index (χ3v) is 8.27. The first-order valence-corrected chi connectivity index (χ1v) is 13.0. The number of anilines is 1. The van der Waals surface area contributed by atoms with E-state index in [-0.39, 0.29) is 47.1 Å². The van der Waals surface area contributed by atoms with E-state index in [0.29, 0.717) is 30.3 Å². The Labute approximate surface area is 228 Å². The molecule has 0 bridgehead atoms. The van der Waals surface area contributed by atoms with Gasteiger partial charge in [-0.15, -0.1) is 0 Å². The highest BCUT2D eigenvalue weighted by Gasteiger charge is 2.79. The zero-order chi connectivity index (χ0) is 28.8. The number of aromatic nitrogens is 4. The molecule has 1 saturated heterocycles. The van der Waals surface area contributed by atoms with Crippen LogP contribution < -0.4 is 11.5 Å². The zero-order valence-corrected chi connectivity index (χ0v) is 22.3. The van der Waals surface area contributed by atoms with Crippen LogP contribution in [0.5, 0.6) is 0 Å². The van der Waals surface area contributed by atoms with Crippen LogP contribution in [0.3, 0.4) is 0 Å². The number of piperidine rings is 1. The lowest BCUT2D eigenvalue weighted by Crippen LogP contribution is -2.42. The van der Waals surface area contributed by atoms with Crippen molar-refractivity contribution in [2.45, 2.75) is 51.6 Å². The van der Waals surface area contributed by atoms with Crippen LogP contribution in [-0.2, 0) is 17.5 Å². The Morgan fingerprint density at radius 1 is 1.18 bits per heavy atom. The third-order valence-electron chi connectivity index (χ3n) is 8.27. The summed E-state index contributed by atoms with van der Waals surface area (Å²) in [4.78, 5) is 26.7. The summed E-state index contributed by atoms with van der Waals surface area (Å²) >= 11 is 0. The zero-order valence-electron chi connectivity index (χ0n) is 22.3. The van der Waals surface area contributed by atoms with E-state index in [2.05, 4.69) is 10.2 Å². The van der Waals surface area contributed by atoms with E-state index in [9.17, 15) is 22.8 Å². The number of alkyl halides is 3. The molecule has 1 unspecified atom stereocenters. The molecule has 1 spiro atoms. The molecule has 2 aliphatic carbocycles. The number of carbonyl (C=O) groups excluding carboxylic acids is 2. The molecule has 6 rings (SSSR count). The molecule has 2 saturated carbocycles. The Morgan fingerprint density at radius 3 is 2.58 bits per heavy atom. The molecule has 3 heterocycles. The van der Waals surface area contributed by atoms with Crippen molar-refractivity contribution in [1.29, 1.82) is 0 Å². The fourth-order valence-electron chi connectivity index (χ4n) is 6.58. The average Bonchev–Trinajstić information content (AvgIpc) is 3.33. The number of hydrogen-bond donors (Lipinski definition) is 2. The van der Waals surface area contributed by atoms with Crippen molar-refractivity contribution in [2.24, 2.45) is 23.0 Å². The van der Waals surface area contributed by atoms with Crippen molar-refractivity contribution in [2.75, 3.05) is 18.8 Å². The first kappa shape index (κ1) is 26.2. The predicted molar refractivity (Wildman–Crippen MR) is 138 cm³/mol. The minimum atomic E-state index is -4.44. The molecule has 3 aromatic rings. The van der Waals surface area contributed by atoms with Gasteiger partial charge in [0.15, 0.2) is 0 Å². The number of amides is 2. The number of primary amides is 1. The summed E-state index contributed by atoms with van der Waals surface area (Å²) in [7, 11) is 0. The van der Waals surface area contributed by atoms with Gasteiger partial charge in [0.2, 0.25) is 0 Å². The summed E-state index contributed by atoms with van der Waals surface area (Å²) in [5.41, 5.74) is 11.8. The molecule has 4 atom stereocenters. The van der Waals surface area contributed by atoms with Gasteiger partial charge in [0.1, 0.15) is 28.4 Å². The number of likely N-dealkylation sites (tertiary alicyclic amines) is 1. The topological polar surface area (TPSA) is 134 Å². The molecule has 40 heavy (non-hydrogen) atoms. The van der Waals surface area contributed by atoms with Crippen molar-refractivity contribution in [3.05, 3.63) is 53.2 Å². The monoisotopic (exact) mass is 557 g/mol. The number of halogens is 3. The van der Waals surface area contributed by atoms with Crippen LogP contribution in [0.25, 0.3) is 11.4 Å². The maximum absolute atomic E-state index is 13.1. The SMILES string of the molecule is CC(C)(C)OC(=O)N1CC2[C@@H]3[C@H](n4nc(-c5ccn(Cc6cccc(C(F)(F)F)c6)n5)c(C(N)=O)c4N)C[C@]23C1. The summed E-state index contributed by atoms with van der Waals surface area (Å²) in [6.07, 6.45) is -2.39. The number of nitrogens with zero attached hydrogens (tertiary/aromatic N) is 5. The lowest BCUT2D eigenvalue weighted by atomic mass is 9.80. The minimum absolute atomic E-state index is 0.0134. The van der Waals surface area contributed by atoms with Gasteiger partial charge in [0.25, 0.3) is 5.91 Å². The van der Waals surface area contributed by atoms with E-state index in [0.717, 1.165) is 18.6 Å². The van der Waals surface area contributed by atoms with Crippen molar-refractivity contribution in [3.63, 3.8) is 0 Å². The van der Waals surface area contributed by atoms with Gasteiger partial charge in [-0.2, -0.15) is 23.4 Å². The maximum Gasteiger partial charge on any atom is 0.416 e. The highest BCUT2D eigenvalue weighted by molar-refractivity contribution is 6.03. The van der Waals surface area contributed by atoms with Gasteiger partial charge in [-0.25, -0.2) is 9.48 Å². The Balaban J connectivity index is 1.20. The first-order valence-electron chi connectivity index (χ1n) is 13.0. The lowest BCUT2D eigenvalue weighted by molar-refractivity contribution is -0.137. The van der Waals surface area contributed by atoms with Crippen LogP contribution in [0, 0.1) is 17.3 Å². The minimum Gasteiger partial charge on any atom is -0.444 e. The van der Waals surface area contributed by atoms with Gasteiger partial charge >= 0.3 is 12.3 Å². The fraction of sp³-hybridized carbons (Fsp3) is 0.481. The van der Waals surface area contributed by atoms with Crippen molar-refractivity contribution in [1.82, 2.24) is 24.5 Å². The highest BCUT2D eigenvalue weighted by atomic mass is 19.4. The molecule has 0 radical (unpaired) electrons. The maximum atomic E-state index is 13.1. The number of nitrogens with two attached hydrogens (primary N) is 2. The van der Waals surface area contributed by atoms with Crippen LogP contribution >= 0.6 is 0 Å². The van der Waals surface area contributed by atoms with Crippen molar-refractivity contribution < 1.29 is 27.5 Å². The Bertz CT molecular complexity index is 1520. The van der Waals surface area contributed by atoms with Crippen LogP contribution in [0.4, 0.5) is 23.8 Å². The van der Waals surface area contributed by atoms with Crippen molar-refractivity contribution >= 4 is 17.8 Å². The van der Waals surface area contributed by atoms with E-state index in [4.69, 9.17) is 16.2 Å². The Kier molecular flexibility index (Phi) is 5.56. The Hall–Kier alpha value is -4.03. The molecule has 2 amide bonds. The number of rotatable bonds is 5. The summed E-state index contributed by atoms with van der Waals surface area (Å²) in [5.74, 6) is -0.00254. The predicted octanol–water partition coefficient (Wildman–Crippen LogP) is 3.92. The van der Waals surface area contributed by atoms with Crippen LogP contribution in [-0.4, -0.2) is 55.2 Å². The molecular formula is C27H30F3N7O3. The number of carbonyl (C=O) groups is 2. The van der Waals surface area contributed by atoms with E-state index < -0.39 is 23.2 Å². The number of benzene rings is 1. The van der Waals surface area contributed by atoms with Crippen molar-refractivity contribution in [3.8, 4) is 11.4 Å². The summed E-state index contributed by atoms with van der Waals surface area (Å²) in [5, 5.41) is 9.11. The number of ether oxygens (including phenoxy) is 1. The normalized spacial score (nSPS) is 25.2. The standard InChI is InChI=1S/C27H30F3N7O3/c1-25(2,3)40-24(39)35-12-16-20-18(10-26(16,20)13-35)37-22(31)19(23(32)38)21(34-37)17-7-8-36(33-17)11-14-5-4-6-15(9-14)27(28,29)30/h4-9,16,18,20H,10-13,31H2,1-3H3,(H2,32,38)/t16?,18-,20-,26+/m1/s1. The molecule has 212 valence electrons. The Morgan fingerprint density at radius 2 is 1.93 bits per heavy atom. The van der Waals surface area contributed by atoms with Gasteiger partial charge in [0, 0.05) is 24.7 Å². The smallest absolute Gasteiger partial charge is 0.416 e. The quantitative estimate of drug-likeness (QED) is 0.488. The van der Waals surface area contributed by atoms with Gasteiger partial charge < -0.3 is 21.1 Å². The summed E-state index contributed by atoms with van der Waals surface area (Å²) < 4.78 is 47.9. The number of nitrogen functional groups attached to an aromatic ring is 1. The van der Waals surface area contributed by atoms with Gasteiger partial charge in [-0.05, 0) is 62.8 Å². The first-order chi connectivity index (χ1) is 18.7. The van der Waals surface area contributed by atoms with E-state index in [1.54, 1.807) is 27.9 Å². The largest absolute Gasteiger partial charge is 0.444 e. The summed E-state index contributed by atoms with van der Waals surface area (Å²) in [6, 6.07) is 6.61. The third kappa shape index (κ3) is 4.18. The second-order valence-electron chi connectivity index (χ2n) is 12.0. The van der Waals surface area contributed by atoms with Crippen LogP contribution in [0.15, 0.2) is 36.5 Å². The molecule has 3 aliphatic rings. The molecule has 2 aromatic heterocycles. The fourth-order valence-corrected chi connectivity index (χ4v) is 6.58. The van der Waals surface area contributed by atoms with E-state index in [1.807, 2.05) is 20.8 Å². The average molecular weight is 558 g/mol. The van der Waals surface area contributed by atoms with Crippen LogP contribution in [0.1, 0.15) is 54.7 Å². The van der Waals surface area contributed by atoms with Gasteiger partial charge in [0.05, 0.1) is 18.2 Å². The molecule has 1 aliphatic heterocycles. The highest BCUT2D eigenvalue weighted by Crippen LogP contribution is 2.79. The van der Waals surface area contributed by atoms with Crippen LogP contribution in [0.2, 0.25) is 0 Å². The molecular weight excluding hydrogens is 527 g/mol. The molecule has 13 heteroatoms. The second kappa shape index (κ2) is 8.48.